The van der Waals surface area contributed by atoms with E-state index in [0.29, 0.717) is 0 Å². The van der Waals surface area contributed by atoms with Gasteiger partial charge in [0.1, 0.15) is 0 Å². The van der Waals surface area contributed by atoms with Crippen molar-refractivity contribution in [3.05, 3.63) is 0 Å². The summed E-state index contributed by atoms with van der Waals surface area (Å²) in [7, 11) is 0. The zero-order valence-corrected chi connectivity index (χ0v) is 10.5. The molecule has 0 bridgehead atoms. The second-order valence-corrected chi connectivity index (χ2v) is 0. The van der Waals surface area contributed by atoms with Crippen molar-refractivity contribution in [1.29, 1.82) is 0 Å². The maximum absolute atomic E-state index is 0. The number of hydrogen-bond acceptors (Lipinski definition) is 0. The van der Waals surface area contributed by atoms with E-state index in [-0.39, 0.29) is 91.2 Å². The molecule has 0 aromatic rings. The van der Waals surface area contributed by atoms with Gasteiger partial charge >= 0.3 is 35.6 Å². The van der Waals surface area contributed by atoms with Crippen molar-refractivity contribution >= 4 is 0 Å². The molecule has 0 rings (SSSR count). The van der Waals surface area contributed by atoms with E-state index in [2.05, 4.69) is 0 Å². The van der Waals surface area contributed by atoms with Crippen molar-refractivity contribution < 1.29 is 91.2 Å². The molecule has 1 radical (unpaired) electrons. The molecule has 5 heavy (non-hydrogen) atoms. The van der Waals surface area contributed by atoms with E-state index in [1.807, 2.05) is 0 Å². The van der Waals surface area contributed by atoms with Gasteiger partial charge < -0.3 is 50.9 Å². The van der Waals surface area contributed by atoms with Crippen LogP contribution >= 0.6 is 0 Å². The van der Waals surface area contributed by atoms with Gasteiger partial charge in [0.25, 0.3) is 0 Å². The molecule has 0 fully saturated rings. The Balaban J connectivity index is 0. The third-order valence-electron chi connectivity index (χ3n) is 0. The van der Waals surface area contributed by atoms with E-state index in [0.717, 1.165) is 0 Å². The van der Waals surface area contributed by atoms with Crippen molar-refractivity contribution in [1.82, 2.24) is 0 Å². The first-order valence-corrected chi connectivity index (χ1v) is 0. The van der Waals surface area contributed by atoms with E-state index >= 15 is 0 Å². The smallest absolute Gasteiger partial charge is 1.00 e. The number of halogens is 4. The molecule has 0 aliphatic carbocycles. The van der Waals surface area contributed by atoms with Crippen LogP contribution in [0.4, 0.5) is 4.70 Å². The van der Waals surface area contributed by atoms with Gasteiger partial charge in [0.05, 0.1) is 0 Å². The summed E-state index contributed by atoms with van der Waals surface area (Å²) >= 11 is 0. The van der Waals surface area contributed by atoms with E-state index < -0.39 is 0 Å². The third-order valence-corrected chi connectivity index (χ3v) is 0. The first kappa shape index (κ1) is 49.6. The van der Waals surface area contributed by atoms with Crippen molar-refractivity contribution in [3.63, 3.8) is 0 Å². The summed E-state index contributed by atoms with van der Waals surface area (Å²) in [4.78, 5) is 0. The zero-order chi connectivity index (χ0) is 0. The van der Waals surface area contributed by atoms with Crippen LogP contribution in [-0.4, -0.2) is 0 Å². The average Bonchev–Trinajstić information content (AvgIpc) is 0. The van der Waals surface area contributed by atoms with Crippen molar-refractivity contribution in [2.75, 3.05) is 0 Å². The number of rotatable bonds is 0. The van der Waals surface area contributed by atoms with Crippen LogP contribution in [0.2, 0.25) is 0 Å². The molecule has 5 heteroatoms. The largest absolute Gasteiger partial charge is 3.00 e. The van der Waals surface area contributed by atoms with Gasteiger partial charge in [-0.15, -0.1) is 0 Å². The summed E-state index contributed by atoms with van der Waals surface area (Å²) in [5.41, 5.74) is 0. The summed E-state index contributed by atoms with van der Waals surface area (Å²) in [5.74, 6) is 0. The van der Waals surface area contributed by atoms with Gasteiger partial charge in [0.15, 0.2) is 0 Å². The maximum Gasteiger partial charge on any atom is 3.00 e. The van der Waals surface area contributed by atoms with E-state index in [9.17, 15) is 0 Å². The fourth-order valence-electron chi connectivity index (χ4n) is 0. The van der Waals surface area contributed by atoms with Crippen LogP contribution in [0.5, 0.6) is 0 Å². The van der Waals surface area contributed by atoms with Crippen LogP contribution in [0.25, 0.3) is 0 Å². The minimum absolute atomic E-state index is 0. The molecular formula is Br3FLa. The van der Waals surface area contributed by atoms with Crippen LogP contribution in [0.3, 0.4) is 0 Å². The Kier molecular flexibility index (Phi) is 306. The topological polar surface area (TPSA) is 0 Å². The van der Waals surface area contributed by atoms with Gasteiger partial charge in [0.2, 0.25) is 0 Å². The molecule has 0 saturated carbocycles. The first-order valence-electron chi connectivity index (χ1n) is 0. The van der Waals surface area contributed by atoms with Gasteiger partial charge in [-0.25, -0.2) is 0 Å². The third kappa shape index (κ3) is 20.8. The molecule has 31 valence electrons. The SMILES string of the molecule is [Br-].[Br-].[Br-].[F].[La+3]. The van der Waals surface area contributed by atoms with Crippen LogP contribution in [0.1, 0.15) is 0 Å². The Morgan fingerprint density at radius 2 is 0.600 bits per heavy atom. The fraction of sp³-hybridized carbons (Fsp3) is 0. The molecule has 0 atom stereocenters. The normalized spacial score (nSPS) is 0. The summed E-state index contributed by atoms with van der Waals surface area (Å²) in [6, 6.07) is 0. The molecule has 0 spiro atoms. The summed E-state index contributed by atoms with van der Waals surface area (Å²) in [6.45, 7) is 0. The Morgan fingerprint density at radius 1 is 0.600 bits per heavy atom. The quantitative estimate of drug-likeness (QED) is 0.381. The molecule has 0 aromatic carbocycles. The minimum Gasteiger partial charge on any atom is -1.00 e. The van der Waals surface area contributed by atoms with Gasteiger partial charge in [-0.2, -0.15) is 0 Å². The summed E-state index contributed by atoms with van der Waals surface area (Å²) in [5, 5.41) is 0. The monoisotopic (exact) mass is 395 g/mol. The predicted octanol–water partition coefficient (Wildman–Crippen LogP) is -8.57. The second-order valence-electron chi connectivity index (χ2n) is 0. The molecular weight excluding hydrogens is 398 g/mol. The molecule has 0 unspecified atom stereocenters. The Hall–Kier alpha value is 2.56. The van der Waals surface area contributed by atoms with E-state index in [1.165, 1.54) is 0 Å². The molecule has 0 heterocycles. The molecule has 0 amide bonds. The second kappa shape index (κ2) is 30.9. The van der Waals surface area contributed by atoms with Crippen molar-refractivity contribution in [2.24, 2.45) is 0 Å². The Labute approximate surface area is 89.7 Å². The molecule has 0 aliphatic heterocycles. The summed E-state index contributed by atoms with van der Waals surface area (Å²) in [6.07, 6.45) is 0. The molecule has 0 saturated heterocycles. The van der Waals surface area contributed by atoms with Gasteiger partial charge in [-0.05, 0) is 0 Å². The molecule has 0 aliphatic rings. The number of hydrogen-bond donors (Lipinski definition) is 0. The van der Waals surface area contributed by atoms with Crippen LogP contribution in [0, 0.1) is 35.6 Å². The molecule has 0 N–H and O–H groups in total. The van der Waals surface area contributed by atoms with Crippen LogP contribution < -0.4 is 50.9 Å². The predicted molar refractivity (Wildman–Crippen MR) is 1.11 cm³/mol. The zero-order valence-electron chi connectivity index (χ0n) is 2.09. The fourth-order valence-corrected chi connectivity index (χ4v) is 0. The first-order chi connectivity index (χ1) is 0. The van der Waals surface area contributed by atoms with Crippen molar-refractivity contribution in [3.8, 4) is 0 Å². The standard InChI is InChI=1S/3BrH.F.La/h3*1H;;/q;;;;+3/p-3. The summed E-state index contributed by atoms with van der Waals surface area (Å²) < 4.78 is 0. The van der Waals surface area contributed by atoms with E-state index in [4.69, 9.17) is 0 Å². The molecule has 0 aromatic heterocycles. The van der Waals surface area contributed by atoms with E-state index in [1.54, 1.807) is 0 Å². The molecule has 0 nitrogen and oxygen atoms in total. The minimum atomic E-state index is 0. The van der Waals surface area contributed by atoms with Gasteiger partial charge in [0, 0.05) is 4.70 Å². The van der Waals surface area contributed by atoms with Gasteiger partial charge in [-0.1, -0.05) is 0 Å². The van der Waals surface area contributed by atoms with Crippen LogP contribution in [0.15, 0.2) is 0 Å². The van der Waals surface area contributed by atoms with Crippen LogP contribution in [-0.2, 0) is 0 Å². The Morgan fingerprint density at radius 3 is 0.600 bits per heavy atom. The average molecular weight is 398 g/mol. The maximum atomic E-state index is 0. The Bertz CT molecular complexity index is 6.85. The van der Waals surface area contributed by atoms with Gasteiger partial charge in [-0.3, -0.25) is 0 Å². The van der Waals surface area contributed by atoms with Crippen molar-refractivity contribution in [2.45, 2.75) is 0 Å².